The topological polar surface area (TPSA) is 24.9 Å². The van der Waals surface area contributed by atoms with Crippen LogP contribution in [0.1, 0.15) is 44.1 Å². The Kier molecular flexibility index (Phi) is 4.16. The van der Waals surface area contributed by atoms with E-state index >= 15 is 0 Å². The molecule has 1 aliphatic carbocycles. The molecule has 0 amide bonds. The first-order valence-corrected chi connectivity index (χ1v) is 7.65. The molecule has 0 aliphatic heterocycles. The lowest BCUT2D eigenvalue weighted by Crippen LogP contribution is -2.17. The Labute approximate surface area is 116 Å². The molecule has 0 saturated heterocycles. The average Bonchev–Trinajstić information content (AvgIpc) is 2.64. The highest BCUT2D eigenvalue weighted by atomic mass is 79.9. The van der Waals surface area contributed by atoms with Gasteiger partial charge in [-0.2, -0.15) is 0 Å². The largest absolute Gasteiger partial charge is 0.258 e. The van der Waals surface area contributed by atoms with E-state index < -0.39 is 0 Å². The zero-order valence-corrected chi connectivity index (χ0v) is 13.0. The van der Waals surface area contributed by atoms with Gasteiger partial charge in [-0.1, -0.05) is 27.9 Å². The molecule has 94 valence electrons. The Morgan fingerprint density at radius 2 is 2.18 bits per heavy atom. The Morgan fingerprint density at radius 1 is 1.41 bits per heavy atom. The van der Waals surface area contributed by atoms with E-state index in [4.69, 9.17) is 4.98 Å². The van der Waals surface area contributed by atoms with Gasteiger partial charge in [0.1, 0.15) is 0 Å². The quantitative estimate of drug-likeness (QED) is 0.857. The van der Waals surface area contributed by atoms with Crippen molar-refractivity contribution >= 4 is 27.9 Å². The predicted octanol–water partition coefficient (Wildman–Crippen LogP) is 3.87. The highest BCUT2D eigenvalue weighted by Gasteiger charge is 2.17. The van der Waals surface area contributed by atoms with Crippen LogP contribution in [0, 0.1) is 0 Å². The summed E-state index contributed by atoms with van der Waals surface area (Å²) >= 11 is 5.42. The number of halogens is 1. The van der Waals surface area contributed by atoms with E-state index in [0.717, 1.165) is 18.7 Å². The number of hydrogen-bond donors (Lipinski definition) is 1. The van der Waals surface area contributed by atoms with Crippen molar-refractivity contribution in [1.29, 1.82) is 0 Å². The molecule has 0 unspecified atom stereocenters. The maximum atomic E-state index is 4.73. The first kappa shape index (κ1) is 13.4. The molecule has 0 fully saturated rings. The average molecular weight is 315 g/mol. The van der Waals surface area contributed by atoms with Gasteiger partial charge < -0.3 is 0 Å². The summed E-state index contributed by atoms with van der Waals surface area (Å²) in [6, 6.07) is 2.15. The smallest absolute Gasteiger partial charge is 0.0565 e. The van der Waals surface area contributed by atoms with Crippen molar-refractivity contribution in [2.24, 2.45) is 0 Å². The molecule has 1 aliphatic rings. The van der Waals surface area contributed by atoms with Gasteiger partial charge in [-0.3, -0.25) is 9.71 Å². The molecule has 0 bridgehead atoms. The van der Waals surface area contributed by atoms with Crippen LogP contribution in [0.25, 0.3) is 0 Å². The normalized spacial score (nSPS) is 15.1. The van der Waals surface area contributed by atoms with Gasteiger partial charge in [0.2, 0.25) is 0 Å². The van der Waals surface area contributed by atoms with Gasteiger partial charge in [-0.25, -0.2) is 0 Å². The van der Waals surface area contributed by atoms with Gasteiger partial charge >= 0.3 is 0 Å². The fraction of sp³-hybridized carbons (Fsp3) is 0.615. The van der Waals surface area contributed by atoms with E-state index in [1.54, 1.807) is 11.9 Å². The fourth-order valence-electron chi connectivity index (χ4n) is 1.96. The van der Waals surface area contributed by atoms with Crippen molar-refractivity contribution in [1.82, 2.24) is 9.71 Å². The number of aryl methyl sites for hydroxylation is 1. The van der Waals surface area contributed by atoms with Crippen LogP contribution < -0.4 is 4.72 Å². The van der Waals surface area contributed by atoms with Crippen molar-refractivity contribution in [3.63, 3.8) is 0 Å². The number of fused-ring (bicyclic) bond motifs is 1. The van der Waals surface area contributed by atoms with Gasteiger partial charge in [0.25, 0.3) is 0 Å². The minimum Gasteiger partial charge on any atom is -0.258 e. The monoisotopic (exact) mass is 314 g/mol. The lowest BCUT2D eigenvalue weighted by molar-refractivity contribution is 0.783. The van der Waals surface area contributed by atoms with E-state index in [0.29, 0.717) is 0 Å². The van der Waals surface area contributed by atoms with E-state index in [2.05, 4.69) is 47.5 Å². The van der Waals surface area contributed by atoms with Crippen LogP contribution in [0.2, 0.25) is 0 Å². The van der Waals surface area contributed by atoms with Gasteiger partial charge in [-0.05, 0) is 51.7 Å². The number of pyridine rings is 1. The van der Waals surface area contributed by atoms with Crippen LogP contribution in [0.5, 0.6) is 0 Å². The second kappa shape index (κ2) is 5.29. The van der Waals surface area contributed by atoms with Gasteiger partial charge in [0.05, 0.1) is 5.69 Å². The zero-order valence-electron chi connectivity index (χ0n) is 10.6. The molecule has 0 spiro atoms. The summed E-state index contributed by atoms with van der Waals surface area (Å²) in [6.07, 6.45) is 3.55. The second-order valence-corrected chi connectivity index (χ2v) is 7.98. The van der Waals surface area contributed by atoms with Crippen LogP contribution in [0.15, 0.2) is 10.5 Å². The molecule has 1 aromatic heterocycles. The predicted molar refractivity (Wildman–Crippen MR) is 78.1 cm³/mol. The molecular weight excluding hydrogens is 296 g/mol. The molecule has 1 N–H and O–H groups in total. The van der Waals surface area contributed by atoms with Gasteiger partial charge in [-0.15, -0.1) is 0 Å². The molecule has 1 aromatic rings. The molecular formula is C13H19BrN2S. The third-order valence-electron chi connectivity index (χ3n) is 2.68. The molecule has 17 heavy (non-hydrogen) atoms. The summed E-state index contributed by atoms with van der Waals surface area (Å²) in [7, 11) is 0. The lowest BCUT2D eigenvalue weighted by Gasteiger charge is -2.17. The molecule has 0 atom stereocenters. The summed E-state index contributed by atoms with van der Waals surface area (Å²) in [5, 5.41) is 0. The minimum absolute atomic E-state index is 0.244. The van der Waals surface area contributed by atoms with Crippen LogP contribution in [0.3, 0.4) is 0 Å². The Balaban J connectivity index is 2.00. The first-order chi connectivity index (χ1) is 7.96. The van der Waals surface area contributed by atoms with Crippen LogP contribution in [0.4, 0.5) is 0 Å². The Morgan fingerprint density at radius 3 is 2.88 bits per heavy atom. The third kappa shape index (κ3) is 3.70. The SMILES string of the molecule is CC(C)(C)SNCc1cc(Br)c2c(n1)CCC2. The summed E-state index contributed by atoms with van der Waals surface area (Å²) in [6.45, 7) is 7.44. The van der Waals surface area contributed by atoms with E-state index in [9.17, 15) is 0 Å². The molecule has 2 rings (SSSR count). The molecule has 1 heterocycles. The number of nitrogens with one attached hydrogen (secondary N) is 1. The van der Waals surface area contributed by atoms with Crippen molar-refractivity contribution in [3.05, 3.63) is 27.5 Å². The summed E-state index contributed by atoms with van der Waals surface area (Å²) < 4.78 is 4.87. The highest BCUT2D eigenvalue weighted by molar-refractivity contribution is 9.10. The highest BCUT2D eigenvalue weighted by Crippen LogP contribution is 2.28. The lowest BCUT2D eigenvalue weighted by atomic mass is 10.2. The van der Waals surface area contributed by atoms with Crippen molar-refractivity contribution < 1.29 is 0 Å². The second-order valence-electron chi connectivity index (χ2n) is 5.41. The molecule has 0 saturated carbocycles. The van der Waals surface area contributed by atoms with Crippen LogP contribution >= 0.6 is 27.9 Å². The van der Waals surface area contributed by atoms with Crippen molar-refractivity contribution in [2.75, 3.05) is 0 Å². The van der Waals surface area contributed by atoms with E-state index in [1.807, 2.05) is 0 Å². The minimum atomic E-state index is 0.244. The summed E-state index contributed by atoms with van der Waals surface area (Å²) in [5.41, 5.74) is 3.84. The third-order valence-corrected chi connectivity index (χ3v) is 4.29. The van der Waals surface area contributed by atoms with Crippen LogP contribution in [-0.4, -0.2) is 9.73 Å². The fourth-order valence-corrected chi connectivity index (χ4v) is 3.31. The van der Waals surface area contributed by atoms with Crippen LogP contribution in [-0.2, 0) is 19.4 Å². The molecule has 0 aromatic carbocycles. The Hall–Kier alpha value is -0.0600. The number of rotatable bonds is 3. The number of hydrogen-bond acceptors (Lipinski definition) is 3. The maximum Gasteiger partial charge on any atom is 0.0565 e. The maximum absolute atomic E-state index is 4.73. The van der Waals surface area contributed by atoms with E-state index in [-0.39, 0.29) is 4.75 Å². The zero-order chi connectivity index (χ0) is 12.5. The standard InChI is InChI=1S/C13H19BrN2S/c1-13(2,3)17-15-8-9-7-11(14)10-5-4-6-12(10)16-9/h7,15H,4-6,8H2,1-3H3. The summed E-state index contributed by atoms with van der Waals surface area (Å²) in [4.78, 5) is 4.73. The molecule has 2 nitrogen and oxygen atoms in total. The molecule has 0 radical (unpaired) electrons. The number of nitrogens with zero attached hydrogens (tertiary/aromatic N) is 1. The Bertz CT molecular complexity index is 413. The number of aromatic nitrogens is 1. The molecule has 4 heteroatoms. The van der Waals surface area contributed by atoms with Crippen molar-refractivity contribution in [2.45, 2.75) is 51.3 Å². The van der Waals surface area contributed by atoms with Gasteiger partial charge in [0.15, 0.2) is 0 Å². The van der Waals surface area contributed by atoms with Gasteiger partial charge in [0, 0.05) is 21.5 Å². The van der Waals surface area contributed by atoms with Crippen molar-refractivity contribution in [3.8, 4) is 0 Å². The van der Waals surface area contributed by atoms with E-state index in [1.165, 1.54) is 28.6 Å². The first-order valence-electron chi connectivity index (χ1n) is 6.04. The summed E-state index contributed by atoms with van der Waals surface area (Å²) in [5.74, 6) is 0.